The van der Waals surface area contributed by atoms with Crippen molar-refractivity contribution >= 4 is 23.7 Å². The van der Waals surface area contributed by atoms with Crippen LogP contribution in [-0.2, 0) is 25.6 Å². The number of aromatic hydroxyl groups is 1. The van der Waals surface area contributed by atoms with Gasteiger partial charge in [-0.1, -0.05) is 26.0 Å². The molecule has 0 fully saturated rings. The maximum Gasteiger partial charge on any atom is 0.322 e. The zero-order valence-corrected chi connectivity index (χ0v) is 17.5. The third kappa shape index (κ3) is 9.45. The predicted octanol–water partition coefficient (Wildman–Crippen LogP) is -1.53. The average Bonchev–Trinajstić information content (AvgIpc) is 2.70. The first-order valence-corrected chi connectivity index (χ1v) is 9.78. The molecule has 0 bridgehead atoms. The number of hydrogen-bond donors (Lipinski definition) is 7. The standard InChI is InChI=1S/C20H30N4O7/c1-11(2)7-15(20(31)24-16(10-25)19(30)22-9-17(27)28)23-18(29)14(21)8-12-3-5-13(26)6-4-12/h3-6,11,14-16,25-26H,7-10,21H2,1-2H3,(H,22,30)(H,23,29)(H,24,31)(H,27,28). The molecule has 11 nitrogen and oxygen atoms in total. The molecule has 0 saturated heterocycles. The number of phenols is 1. The Morgan fingerprint density at radius 2 is 1.55 bits per heavy atom. The fourth-order valence-electron chi connectivity index (χ4n) is 2.71. The highest BCUT2D eigenvalue weighted by atomic mass is 16.4. The molecule has 0 radical (unpaired) electrons. The molecule has 8 N–H and O–H groups in total. The van der Waals surface area contributed by atoms with Crippen molar-refractivity contribution in [3.8, 4) is 5.75 Å². The van der Waals surface area contributed by atoms with Crippen LogP contribution in [0.5, 0.6) is 5.75 Å². The van der Waals surface area contributed by atoms with E-state index in [0.717, 1.165) is 5.56 Å². The van der Waals surface area contributed by atoms with E-state index in [0.29, 0.717) is 0 Å². The Morgan fingerprint density at radius 1 is 0.968 bits per heavy atom. The van der Waals surface area contributed by atoms with E-state index in [1.54, 1.807) is 12.1 Å². The third-order valence-electron chi connectivity index (χ3n) is 4.30. The molecule has 1 aromatic carbocycles. The van der Waals surface area contributed by atoms with Gasteiger partial charge in [-0.15, -0.1) is 0 Å². The number of aliphatic carboxylic acids is 1. The summed E-state index contributed by atoms with van der Waals surface area (Å²) >= 11 is 0. The van der Waals surface area contributed by atoms with Crippen LogP contribution < -0.4 is 21.7 Å². The molecule has 3 atom stereocenters. The average molecular weight is 438 g/mol. The summed E-state index contributed by atoms with van der Waals surface area (Å²) in [5.74, 6) is -3.33. The normalized spacial score (nSPS) is 13.7. The maximum absolute atomic E-state index is 12.6. The van der Waals surface area contributed by atoms with Gasteiger partial charge >= 0.3 is 5.97 Å². The minimum absolute atomic E-state index is 0.0118. The van der Waals surface area contributed by atoms with Crippen molar-refractivity contribution in [2.45, 2.75) is 44.8 Å². The number of carbonyl (C=O) groups excluding carboxylic acids is 3. The molecular formula is C20H30N4O7. The van der Waals surface area contributed by atoms with Gasteiger partial charge in [0.25, 0.3) is 0 Å². The van der Waals surface area contributed by atoms with Crippen LogP contribution in [0.3, 0.4) is 0 Å². The van der Waals surface area contributed by atoms with Gasteiger partial charge in [-0.05, 0) is 36.5 Å². The number of nitrogens with one attached hydrogen (secondary N) is 3. The van der Waals surface area contributed by atoms with Crippen LogP contribution in [0.25, 0.3) is 0 Å². The van der Waals surface area contributed by atoms with Crippen LogP contribution in [0.2, 0.25) is 0 Å². The number of carboxylic acid groups (broad SMARTS) is 1. The molecule has 31 heavy (non-hydrogen) atoms. The zero-order valence-electron chi connectivity index (χ0n) is 17.5. The summed E-state index contributed by atoms with van der Waals surface area (Å²) in [6.07, 6.45) is 0.428. The smallest absolute Gasteiger partial charge is 0.322 e. The van der Waals surface area contributed by atoms with Crippen LogP contribution in [0.15, 0.2) is 24.3 Å². The van der Waals surface area contributed by atoms with Crippen molar-refractivity contribution in [2.24, 2.45) is 11.7 Å². The van der Waals surface area contributed by atoms with Gasteiger partial charge in [0.15, 0.2) is 0 Å². The molecule has 3 unspecified atom stereocenters. The molecule has 1 aromatic rings. The number of aliphatic hydroxyl groups is 1. The molecule has 0 aliphatic rings. The second-order valence-corrected chi connectivity index (χ2v) is 7.52. The summed E-state index contributed by atoms with van der Waals surface area (Å²) in [5.41, 5.74) is 6.67. The second-order valence-electron chi connectivity index (χ2n) is 7.52. The van der Waals surface area contributed by atoms with Crippen LogP contribution in [0.4, 0.5) is 0 Å². The molecule has 172 valence electrons. The van der Waals surface area contributed by atoms with Crippen molar-refractivity contribution in [1.29, 1.82) is 0 Å². The Labute approximate surface area is 180 Å². The lowest BCUT2D eigenvalue weighted by atomic mass is 10.0. The fourth-order valence-corrected chi connectivity index (χ4v) is 2.71. The van der Waals surface area contributed by atoms with E-state index in [-0.39, 0.29) is 24.5 Å². The van der Waals surface area contributed by atoms with Gasteiger partial charge in [-0.2, -0.15) is 0 Å². The topological polar surface area (TPSA) is 191 Å². The van der Waals surface area contributed by atoms with E-state index < -0.39 is 55.0 Å². The van der Waals surface area contributed by atoms with Gasteiger partial charge in [0, 0.05) is 0 Å². The Hall–Kier alpha value is -3.18. The largest absolute Gasteiger partial charge is 0.508 e. The number of nitrogens with two attached hydrogens (primary N) is 1. The van der Waals surface area contributed by atoms with E-state index in [9.17, 15) is 29.4 Å². The molecule has 1 rings (SSSR count). The number of phenolic OH excluding ortho intramolecular Hbond substituents is 1. The van der Waals surface area contributed by atoms with Gasteiger partial charge in [0.2, 0.25) is 17.7 Å². The highest BCUT2D eigenvalue weighted by molar-refractivity contribution is 5.93. The second kappa shape index (κ2) is 12.5. The summed E-state index contributed by atoms with van der Waals surface area (Å²) in [7, 11) is 0. The highest BCUT2D eigenvalue weighted by Gasteiger charge is 2.28. The molecule has 0 aliphatic carbocycles. The molecular weight excluding hydrogens is 408 g/mol. The number of aliphatic hydroxyl groups excluding tert-OH is 1. The Balaban J connectivity index is 2.77. The van der Waals surface area contributed by atoms with Gasteiger partial charge in [0.1, 0.15) is 24.4 Å². The quantitative estimate of drug-likeness (QED) is 0.204. The van der Waals surface area contributed by atoms with Gasteiger partial charge in [-0.3, -0.25) is 19.2 Å². The lowest BCUT2D eigenvalue weighted by Crippen LogP contribution is -2.57. The third-order valence-corrected chi connectivity index (χ3v) is 4.30. The molecule has 0 saturated carbocycles. The number of hydrogen-bond acceptors (Lipinski definition) is 7. The number of benzene rings is 1. The number of amides is 3. The van der Waals surface area contributed by atoms with Crippen molar-refractivity contribution in [3.63, 3.8) is 0 Å². The minimum atomic E-state index is -1.37. The predicted molar refractivity (Wildman–Crippen MR) is 111 cm³/mol. The summed E-state index contributed by atoms with van der Waals surface area (Å²) < 4.78 is 0. The first-order valence-electron chi connectivity index (χ1n) is 9.78. The summed E-state index contributed by atoms with van der Waals surface area (Å²) in [5, 5.41) is 34.3. The van der Waals surface area contributed by atoms with Crippen LogP contribution in [-0.4, -0.2) is 70.3 Å². The van der Waals surface area contributed by atoms with Crippen LogP contribution in [0, 0.1) is 5.92 Å². The molecule has 0 aromatic heterocycles. The Morgan fingerprint density at radius 3 is 2.06 bits per heavy atom. The molecule has 11 heteroatoms. The van der Waals surface area contributed by atoms with E-state index in [4.69, 9.17) is 10.8 Å². The number of carbonyl (C=O) groups is 4. The molecule has 3 amide bonds. The van der Waals surface area contributed by atoms with E-state index in [1.165, 1.54) is 12.1 Å². The highest BCUT2D eigenvalue weighted by Crippen LogP contribution is 2.11. The first kappa shape index (κ1) is 25.9. The fraction of sp³-hybridized carbons (Fsp3) is 0.500. The summed E-state index contributed by atoms with van der Waals surface area (Å²) in [4.78, 5) is 47.7. The monoisotopic (exact) mass is 438 g/mol. The van der Waals surface area contributed by atoms with Crippen molar-refractivity contribution in [2.75, 3.05) is 13.2 Å². The lowest BCUT2D eigenvalue weighted by Gasteiger charge is -2.24. The summed E-state index contributed by atoms with van der Waals surface area (Å²) in [6.45, 7) is 2.27. The van der Waals surface area contributed by atoms with E-state index in [2.05, 4.69) is 16.0 Å². The van der Waals surface area contributed by atoms with Crippen molar-refractivity contribution in [3.05, 3.63) is 29.8 Å². The number of rotatable bonds is 12. The van der Waals surface area contributed by atoms with Gasteiger partial charge in [-0.25, -0.2) is 0 Å². The molecule has 0 spiro atoms. The number of carboxylic acids is 1. The first-order chi connectivity index (χ1) is 14.5. The van der Waals surface area contributed by atoms with E-state index in [1.807, 2.05) is 13.8 Å². The van der Waals surface area contributed by atoms with Gasteiger partial charge in [0.05, 0.1) is 12.6 Å². The minimum Gasteiger partial charge on any atom is -0.508 e. The molecule has 0 aliphatic heterocycles. The Bertz CT molecular complexity index is 767. The van der Waals surface area contributed by atoms with E-state index >= 15 is 0 Å². The zero-order chi connectivity index (χ0) is 23.6. The lowest BCUT2D eigenvalue weighted by molar-refractivity contribution is -0.139. The SMILES string of the molecule is CC(C)CC(NC(=O)C(N)Cc1ccc(O)cc1)C(=O)NC(CO)C(=O)NCC(=O)O. The Kier molecular flexibility index (Phi) is 10.4. The van der Waals surface area contributed by atoms with Crippen LogP contribution in [0.1, 0.15) is 25.8 Å². The van der Waals surface area contributed by atoms with Crippen molar-refractivity contribution in [1.82, 2.24) is 16.0 Å². The maximum atomic E-state index is 12.6. The molecule has 0 heterocycles. The van der Waals surface area contributed by atoms with Crippen molar-refractivity contribution < 1.29 is 34.5 Å². The van der Waals surface area contributed by atoms with Gasteiger partial charge < -0.3 is 37.0 Å². The van der Waals surface area contributed by atoms with Crippen LogP contribution >= 0.6 is 0 Å². The summed E-state index contributed by atoms with van der Waals surface area (Å²) in [6, 6.07) is 2.85.